The lowest BCUT2D eigenvalue weighted by Gasteiger charge is -2.21. The van der Waals surface area contributed by atoms with Crippen molar-refractivity contribution in [3.63, 3.8) is 0 Å². The Kier molecular flexibility index (Phi) is 67.7. The lowest BCUT2D eigenvalue weighted by atomic mass is 10.0. The Hall–Kier alpha value is -1.94. The molecule has 0 aliphatic heterocycles. The number of hydrogen-bond acceptors (Lipinski definition) is 15. The summed E-state index contributed by atoms with van der Waals surface area (Å²) in [6.45, 7) is 7.26. The molecule has 0 rings (SSSR count). The van der Waals surface area contributed by atoms with Gasteiger partial charge >= 0.3 is 39.5 Å². The van der Waals surface area contributed by atoms with Crippen LogP contribution < -0.4 is 0 Å². The first kappa shape index (κ1) is 93.1. The maximum Gasteiger partial charge on any atom is 0.472 e. The predicted molar refractivity (Wildman–Crippen MR) is 386 cm³/mol. The van der Waals surface area contributed by atoms with Gasteiger partial charge < -0.3 is 33.8 Å². The van der Waals surface area contributed by atoms with Gasteiger partial charge in [0, 0.05) is 25.7 Å². The van der Waals surface area contributed by atoms with E-state index in [1.807, 2.05) is 0 Å². The van der Waals surface area contributed by atoms with Crippen LogP contribution in [-0.2, 0) is 65.4 Å². The topological polar surface area (TPSA) is 237 Å². The number of carbonyl (C=O) groups is 4. The molecule has 0 radical (unpaired) electrons. The molecule has 0 aromatic rings. The van der Waals surface area contributed by atoms with Crippen LogP contribution >= 0.6 is 15.6 Å². The third-order valence-electron chi connectivity index (χ3n) is 17.8. The third kappa shape index (κ3) is 70.3. The van der Waals surface area contributed by atoms with Crippen LogP contribution in [0.5, 0.6) is 0 Å². The Morgan fingerprint density at radius 1 is 0.284 bits per heavy atom. The zero-order valence-corrected chi connectivity index (χ0v) is 63.6. The number of aliphatic hydroxyl groups is 1. The van der Waals surface area contributed by atoms with Gasteiger partial charge in [-0.2, -0.15) is 0 Å². The molecular weight excluding hydrogens is 1250 g/mol. The highest BCUT2D eigenvalue weighted by molar-refractivity contribution is 7.47. The lowest BCUT2D eigenvalue weighted by molar-refractivity contribution is -0.161. The van der Waals surface area contributed by atoms with Crippen molar-refractivity contribution in [1.29, 1.82) is 0 Å². The van der Waals surface area contributed by atoms with Gasteiger partial charge in [-0.05, 0) is 31.6 Å². The van der Waals surface area contributed by atoms with Gasteiger partial charge in [0.2, 0.25) is 0 Å². The quantitative estimate of drug-likeness (QED) is 0.0222. The second kappa shape index (κ2) is 69.2. The van der Waals surface area contributed by atoms with Gasteiger partial charge in [0.15, 0.2) is 12.2 Å². The Labute approximate surface area is 581 Å². The van der Waals surface area contributed by atoms with Crippen molar-refractivity contribution in [2.75, 3.05) is 39.6 Å². The molecule has 0 heterocycles. The van der Waals surface area contributed by atoms with E-state index in [0.29, 0.717) is 25.7 Å². The van der Waals surface area contributed by atoms with E-state index >= 15 is 0 Å². The fourth-order valence-electron chi connectivity index (χ4n) is 11.7. The summed E-state index contributed by atoms with van der Waals surface area (Å²) in [5, 5.41) is 10.6. The van der Waals surface area contributed by atoms with Crippen molar-refractivity contribution in [3.8, 4) is 0 Å². The van der Waals surface area contributed by atoms with Crippen molar-refractivity contribution in [2.45, 2.75) is 419 Å². The number of rotatable bonds is 76. The van der Waals surface area contributed by atoms with Crippen LogP contribution in [0.2, 0.25) is 0 Å². The summed E-state index contributed by atoms with van der Waals surface area (Å²) in [4.78, 5) is 72.8. The molecule has 5 atom stereocenters. The number of esters is 4. The van der Waals surface area contributed by atoms with E-state index in [-0.39, 0.29) is 25.7 Å². The zero-order chi connectivity index (χ0) is 69.8. The maximum atomic E-state index is 13.1. The number of carbonyl (C=O) groups excluding carboxylic acids is 4. The monoisotopic (exact) mass is 1400 g/mol. The van der Waals surface area contributed by atoms with E-state index in [1.165, 1.54) is 225 Å². The van der Waals surface area contributed by atoms with Gasteiger partial charge in [-0.15, -0.1) is 0 Å². The van der Waals surface area contributed by atoms with Crippen LogP contribution in [0.4, 0.5) is 0 Å². The molecule has 0 aromatic heterocycles. The van der Waals surface area contributed by atoms with Crippen molar-refractivity contribution < 1.29 is 80.2 Å². The van der Waals surface area contributed by atoms with Gasteiger partial charge in [-0.3, -0.25) is 37.3 Å². The minimum atomic E-state index is -4.96. The number of unbranched alkanes of at least 4 members (excludes halogenated alkanes) is 48. The minimum Gasteiger partial charge on any atom is -0.462 e. The van der Waals surface area contributed by atoms with Crippen LogP contribution in [0.3, 0.4) is 0 Å². The summed E-state index contributed by atoms with van der Waals surface area (Å²) in [7, 11) is -9.91. The van der Waals surface area contributed by atoms with Gasteiger partial charge in [0.05, 0.1) is 26.4 Å². The Balaban J connectivity index is 5.24. The lowest BCUT2D eigenvalue weighted by Crippen LogP contribution is -2.30. The molecule has 0 aliphatic rings. The number of hydrogen-bond donors (Lipinski definition) is 3. The van der Waals surface area contributed by atoms with Gasteiger partial charge in [0.1, 0.15) is 19.3 Å². The van der Waals surface area contributed by atoms with E-state index in [9.17, 15) is 43.2 Å². The van der Waals surface area contributed by atoms with E-state index < -0.39 is 97.5 Å². The highest BCUT2D eigenvalue weighted by Gasteiger charge is 2.30. The first-order valence-corrected chi connectivity index (χ1v) is 42.6. The summed E-state index contributed by atoms with van der Waals surface area (Å²) < 4.78 is 68.5. The van der Waals surface area contributed by atoms with Gasteiger partial charge in [0.25, 0.3) is 0 Å². The van der Waals surface area contributed by atoms with E-state index in [1.54, 1.807) is 0 Å². The fraction of sp³-hybridized carbons (Fsp3) is 0.947. The van der Waals surface area contributed by atoms with Crippen molar-refractivity contribution >= 4 is 39.5 Å². The molecule has 0 amide bonds. The molecule has 0 bridgehead atoms. The van der Waals surface area contributed by atoms with Gasteiger partial charge in [-0.1, -0.05) is 349 Å². The number of phosphoric ester groups is 2. The van der Waals surface area contributed by atoms with Crippen molar-refractivity contribution in [2.24, 2.45) is 5.92 Å². The van der Waals surface area contributed by atoms with E-state index in [2.05, 4.69) is 34.6 Å². The molecule has 0 saturated carbocycles. The fourth-order valence-corrected chi connectivity index (χ4v) is 13.3. The molecular formula is C76H148O17P2. The van der Waals surface area contributed by atoms with Crippen molar-refractivity contribution in [3.05, 3.63) is 0 Å². The summed E-state index contributed by atoms with van der Waals surface area (Å²) in [6.07, 6.45) is 58.2. The van der Waals surface area contributed by atoms with E-state index in [4.69, 9.17) is 37.0 Å². The van der Waals surface area contributed by atoms with Crippen LogP contribution in [-0.4, -0.2) is 96.7 Å². The highest BCUT2D eigenvalue weighted by Crippen LogP contribution is 2.45. The smallest absolute Gasteiger partial charge is 0.462 e. The Morgan fingerprint density at radius 2 is 0.484 bits per heavy atom. The number of phosphoric acid groups is 2. The molecule has 0 saturated heterocycles. The Bertz CT molecular complexity index is 1820. The molecule has 3 N–H and O–H groups in total. The molecule has 564 valence electrons. The zero-order valence-electron chi connectivity index (χ0n) is 61.8. The second-order valence-corrected chi connectivity index (χ2v) is 30.8. The van der Waals surface area contributed by atoms with Crippen molar-refractivity contribution in [1.82, 2.24) is 0 Å². The molecule has 17 nitrogen and oxygen atoms in total. The van der Waals surface area contributed by atoms with E-state index in [0.717, 1.165) is 95.8 Å². The van der Waals surface area contributed by atoms with Gasteiger partial charge in [-0.25, -0.2) is 9.13 Å². The molecule has 19 heteroatoms. The predicted octanol–water partition coefficient (Wildman–Crippen LogP) is 22.5. The molecule has 0 spiro atoms. The molecule has 0 fully saturated rings. The highest BCUT2D eigenvalue weighted by atomic mass is 31.2. The molecule has 95 heavy (non-hydrogen) atoms. The second-order valence-electron chi connectivity index (χ2n) is 27.9. The van der Waals surface area contributed by atoms with Crippen LogP contribution in [0, 0.1) is 5.92 Å². The number of aliphatic hydroxyl groups excluding tert-OH is 1. The van der Waals surface area contributed by atoms with Crippen LogP contribution in [0.1, 0.15) is 401 Å². The molecule has 2 unspecified atom stereocenters. The maximum absolute atomic E-state index is 13.1. The summed E-state index contributed by atoms with van der Waals surface area (Å²) in [6, 6.07) is 0. The molecule has 0 aliphatic carbocycles. The summed E-state index contributed by atoms with van der Waals surface area (Å²) >= 11 is 0. The average molecular weight is 1400 g/mol. The minimum absolute atomic E-state index is 0.107. The largest absolute Gasteiger partial charge is 0.472 e. The standard InChI is InChI=1S/C76H148O17P2/c1-6-9-12-15-18-21-24-27-29-30-31-32-34-37-40-47-52-57-62-76(81)92-71(65-86-73(78)59-54-49-44-38-36-33-28-25-22-19-16-13-10-7-2)67-90-94(82,83)88-63-70(77)64-89-95(84,85)91-68-72(66-87-74(79)60-55-50-45-42-41-43-48-53-58-69(4)5)93-75(80)61-56-51-46-39-35-26-23-20-17-14-11-8-3/h69-72,77H,6-68H2,1-5H3,(H,82,83)(H,84,85)/t70-,71-,72-/m1/s1. The first-order chi connectivity index (χ1) is 46.0. The summed E-state index contributed by atoms with van der Waals surface area (Å²) in [5.41, 5.74) is 0. The number of ether oxygens (including phenoxy) is 4. The summed E-state index contributed by atoms with van der Waals surface area (Å²) in [5.74, 6) is -1.39. The normalized spacial score (nSPS) is 13.9. The van der Waals surface area contributed by atoms with Crippen LogP contribution in [0.15, 0.2) is 0 Å². The average Bonchev–Trinajstić information content (AvgIpc) is 3.67. The third-order valence-corrected chi connectivity index (χ3v) is 19.7. The Morgan fingerprint density at radius 3 is 0.716 bits per heavy atom. The first-order valence-electron chi connectivity index (χ1n) is 39.6. The SMILES string of the molecule is CCCCCCCCCCCCCCCCCCCCC(=O)O[C@H](COC(=O)CCCCCCCCCCCCCCCC)COP(=O)(O)OC[C@@H](O)COP(=O)(O)OC[C@@H](COC(=O)CCCCCCCCCCC(C)C)OC(=O)CCCCCCCCCCCCCC. The van der Waals surface area contributed by atoms with Crippen LogP contribution in [0.25, 0.3) is 0 Å². The molecule has 0 aromatic carbocycles.